The molecule has 182 valence electrons. The molecule has 13 heteroatoms. The molecule has 13 nitrogen and oxygen atoms in total. The number of hydrogen-bond donors (Lipinski definition) is 7. The Morgan fingerprint density at radius 2 is 1.31 bits per heavy atom. The van der Waals surface area contributed by atoms with Crippen molar-refractivity contribution in [1.82, 2.24) is 16.0 Å². The van der Waals surface area contributed by atoms with Gasteiger partial charge in [0.15, 0.2) is 0 Å². The summed E-state index contributed by atoms with van der Waals surface area (Å²) in [6.07, 6.45) is -1.58. The molecular weight excluding hydrogens is 426 g/mol. The largest absolute Gasteiger partial charge is 0.481 e. The van der Waals surface area contributed by atoms with Crippen LogP contribution in [-0.2, 0) is 28.8 Å². The van der Waals surface area contributed by atoms with Gasteiger partial charge in [0, 0.05) is 6.42 Å². The molecule has 32 heavy (non-hydrogen) atoms. The quantitative estimate of drug-likeness (QED) is 0.151. The molecule has 9 N–H and O–H groups in total. The Morgan fingerprint density at radius 1 is 0.781 bits per heavy atom. The molecule has 4 unspecified atom stereocenters. The van der Waals surface area contributed by atoms with Crippen molar-refractivity contribution in [3.8, 4) is 0 Å². The fourth-order valence-corrected chi connectivity index (χ4v) is 2.56. The van der Waals surface area contributed by atoms with Crippen LogP contribution < -0.4 is 27.4 Å². The maximum atomic E-state index is 12.8. The standard InChI is InChI=1S/C19H33N5O8/c1-8(2)14(21)17(29)24-15(9(3)4)18(30)23-11(7-12(20)25)16(28)22-10(19(31)32)5-6-13(26)27/h8-11,14-15H,5-7,21H2,1-4H3,(H2,20,25)(H,22,28)(H,23,30)(H,24,29)(H,26,27)(H,31,32). The van der Waals surface area contributed by atoms with Crippen LogP contribution in [-0.4, -0.2) is 69.9 Å². The summed E-state index contributed by atoms with van der Waals surface area (Å²) in [7, 11) is 0. The lowest BCUT2D eigenvalue weighted by Crippen LogP contribution is -2.59. The van der Waals surface area contributed by atoms with E-state index in [9.17, 15) is 33.9 Å². The highest BCUT2D eigenvalue weighted by Crippen LogP contribution is 2.07. The molecule has 0 saturated carbocycles. The minimum absolute atomic E-state index is 0.196. The third-order valence-electron chi connectivity index (χ3n) is 4.57. The average molecular weight is 460 g/mol. The van der Waals surface area contributed by atoms with Crippen molar-refractivity contribution in [2.24, 2.45) is 23.3 Å². The lowest BCUT2D eigenvalue weighted by Gasteiger charge is -2.27. The smallest absolute Gasteiger partial charge is 0.326 e. The molecule has 0 rings (SSSR count). The number of aliphatic carboxylic acids is 2. The fourth-order valence-electron chi connectivity index (χ4n) is 2.56. The van der Waals surface area contributed by atoms with Crippen LogP contribution in [0.3, 0.4) is 0 Å². The van der Waals surface area contributed by atoms with Crippen molar-refractivity contribution < 1.29 is 39.0 Å². The number of carboxylic acids is 2. The summed E-state index contributed by atoms with van der Waals surface area (Å²) in [5.74, 6) is -6.73. The maximum absolute atomic E-state index is 12.8. The zero-order chi connectivity index (χ0) is 25.2. The summed E-state index contributed by atoms with van der Waals surface area (Å²) in [6.45, 7) is 6.73. The SMILES string of the molecule is CC(C)C(N)C(=O)NC(C(=O)NC(CC(N)=O)C(=O)NC(CCC(=O)O)C(=O)O)C(C)C. The van der Waals surface area contributed by atoms with Crippen molar-refractivity contribution in [2.45, 2.75) is 71.1 Å². The van der Waals surface area contributed by atoms with Crippen molar-refractivity contribution in [3.05, 3.63) is 0 Å². The first-order chi connectivity index (χ1) is 14.7. The summed E-state index contributed by atoms with van der Waals surface area (Å²) in [5.41, 5.74) is 10.9. The zero-order valence-corrected chi connectivity index (χ0v) is 18.6. The molecule has 0 radical (unpaired) electrons. The zero-order valence-electron chi connectivity index (χ0n) is 18.6. The Morgan fingerprint density at radius 3 is 1.72 bits per heavy atom. The van der Waals surface area contributed by atoms with E-state index in [1.807, 2.05) is 0 Å². The number of primary amides is 1. The molecule has 0 aromatic carbocycles. The van der Waals surface area contributed by atoms with Gasteiger partial charge in [-0.25, -0.2) is 4.79 Å². The molecule has 0 aromatic rings. The van der Waals surface area contributed by atoms with Crippen molar-refractivity contribution in [2.75, 3.05) is 0 Å². The number of rotatable bonds is 14. The number of hydrogen-bond acceptors (Lipinski definition) is 7. The van der Waals surface area contributed by atoms with Gasteiger partial charge in [0.25, 0.3) is 0 Å². The summed E-state index contributed by atoms with van der Waals surface area (Å²) in [4.78, 5) is 70.9. The van der Waals surface area contributed by atoms with E-state index in [1.54, 1.807) is 27.7 Å². The molecule has 4 atom stereocenters. The second-order valence-corrected chi connectivity index (χ2v) is 8.06. The molecule has 0 fully saturated rings. The van der Waals surface area contributed by atoms with Gasteiger partial charge in [0.2, 0.25) is 23.6 Å². The molecule has 0 heterocycles. The van der Waals surface area contributed by atoms with Crippen LogP contribution in [0.1, 0.15) is 47.0 Å². The summed E-state index contributed by atoms with van der Waals surface area (Å²) in [6, 6.07) is -5.07. The van der Waals surface area contributed by atoms with Gasteiger partial charge in [-0.1, -0.05) is 27.7 Å². The summed E-state index contributed by atoms with van der Waals surface area (Å²) < 4.78 is 0. The van der Waals surface area contributed by atoms with E-state index in [-0.39, 0.29) is 5.92 Å². The monoisotopic (exact) mass is 459 g/mol. The molecule has 0 aromatic heterocycles. The minimum Gasteiger partial charge on any atom is -0.481 e. The fraction of sp³-hybridized carbons (Fsp3) is 0.684. The number of nitrogens with one attached hydrogen (secondary N) is 3. The Balaban J connectivity index is 5.47. The van der Waals surface area contributed by atoms with Gasteiger partial charge in [0.05, 0.1) is 12.5 Å². The lowest BCUT2D eigenvalue weighted by molar-refractivity contribution is -0.143. The van der Waals surface area contributed by atoms with Crippen molar-refractivity contribution >= 4 is 35.6 Å². The predicted octanol–water partition coefficient (Wildman–Crippen LogP) is -2.10. The maximum Gasteiger partial charge on any atom is 0.326 e. The lowest BCUT2D eigenvalue weighted by atomic mass is 9.99. The molecule has 0 aliphatic heterocycles. The molecular formula is C19H33N5O8. The van der Waals surface area contributed by atoms with Gasteiger partial charge in [-0.3, -0.25) is 24.0 Å². The second kappa shape index (κ2) is 13.2. The topological polar surface area (TPSA) is 231 Å². The molecule has 0 spiro atoms. The normalized spacial score (nSPS) is 14.7. The van der Waals surface area contributed by atoms with E-state index >= 15 is 0 Å². The van der Waals surface area contributed by atoms with Gasteiger partial charge < -0.3 is 37.6 Å². The van der Waals surface area contributed by atoms with Crippen LogP contribution in [0, 0.1) is 11.8 Å². The molecule has 0 aliphatic carbocycles. The van der Waals surface area contributed by atoms with E-state index in [0.717, 1.165) is 0 Å². The number of carboxylic acid groups (broad SMARTS) is 2. The van der Waals surface area contributed by atoms with Crippen LogP contribution in [0.4, 0.5) is 0 Å². The molecule has 0 aliphatic rings. The Labute approximate surface area is 185 Å². The number of amides is 4. The van der Waals surface area contributed by atoms with Crippen molar-refractivity contribution in [1.29, 1.82) is 0 Å². The van der Waals surface area contributed by atoms with Crippen LogP contribution in [0.5, 0.6) is 0 Å². The van der Waals surface area contributed by atoms with Gasteiger partial charge in [-0.05, 0) is 18.3 Å². The summed E-state index contributed by atoms with van der Waals surface area (Å²) >= 11 is 0. The highest BCUT2D eigenvalue weighted by atomic mass is 16.4. The predicted molar refractivity (Wildman–Crippen MR) is 112 cm³/mol. The summed E-state index contributed by atoms with van der Waals surface area (Å²) in [5, 5.41) is 24.8. The highest BCUT2D eigenvalue weighted by Gasteiger charge is 2.32. The van der Waals surface area contributed by atoms with E-state index in [1.165, 1.54) is 0 Å². The molecule has 4 amide bonds. The van der Waals surface area contributed by atoms with Gasteiger partial charge in [-0.2, -0.15) is 0 Å². The van der Waals surface area contributed by atoms with Gasteiger partial charge in [0.1, 0.15) is 18.1 Å². The number of nitrogens with two attached hydrogens (primary N) is 2. The van der Waals surface area contributed by atoms with Crippen LogP contribution in [0.2, 0.25) is 0 Å². The first-order valence-electron chi connectivity index (χ1n) is 10.1. The first kappa shape index (κ1) is 28.8. The van der Waals surface area contributed by atoms with Crippen LogP contribution in [0.15, 0.2) is 0 Å². The number of carbonyl (C=O) groups is 6. The number of carbonyl (C=O) groups excluding carboxylic acids is 4. The molecule has 0 saturated heterocycles. The Kier molecular flexibility index (Phi) is 11.9. The van der Waals surface area contributed by atoms with Crippen LogP contribution >= 0.6 is 0 Å². The van der Waals surface area contributed by atoms with E-state index in [4.69, 9.17) is 16.6 Å². The second-order valence-electron chi connectivity index (χ2n) is 8.06. The van der Waals surface area contributed by atoms with Crippen LogP contribution in [0.25, 0.3) is 0 Å². The van der Waals surface area contributed by atoms with E-state index in [2.05, 4.69) is 16.0 Å². The van der Waals surface area contributed by atoms with Crippen molar-refractivity contribution in [3.63, 3.8) is 0 Å². The minimum atomic E-state index is -1.56. The molecule has 0 bridgehead atoms. The highest BCUT2D eigenvalue weighted by molar-refractivity contribution is 5.96. The first-order valence-corrected chi connectivity index (χ1v) is 10.1. The Bertz CT molecular complexity index is 725. The van der Waals surface area contributed by atoms with Gasteiger partial charge in [-0.15, -0.1) is 0 Å². The van der Waals surface area contributed by atoms with E-state index in [0.29, 0.717) is 0 Å². The Hall–Kier alpha value is -3.22. The third kappa shape index (κ3) is 10.2. The average Bonchev–Trinajstić information content (AvgIpc) is 2.66. The van der Waals surface area contributed by atoms with E-state index < -0.39 is 84.9 Å². The van der Waals surface area contributed by atoms with Gasteiger partial charge >= 0.3 is 11.9 Å². The third-order valence-corrected chi connectivity index (χ3v) is 4.57.